The third-order valence-corrected chi connectivity index (χ3v) is 5.30. The molecule has 0 bridgehead atoms. The first-order valence-electron chi connectivity index (χ1n) is 9.28. The number of ether oxygens (including phenoxy) is 2. The first-order valence-corrected chi connectivity index (χ1v) is 9.28. The molecule has 1 aromatic carbocycles. The Bertz CT molecular complexity index is 822. The SMILES string of the molecule is Cc1ccc(NC(=O)c2cnc(N3CCC4(CC3)OCCO4)cn2)cc1C. The standard InChI is InChI=1S/C20H24N4O3/c1-14-3-4-16(11-15(14)2)23-19(25)17-12-22-18(13-21-17)24-7-5-20(6-8-24)26-9-10-27-20/h3-4,11-13H,5-10H2,1-2H3,(H,23,25). The highest BCUT2D eigenvalue weighted by molar-refractivity contribution is 6.02. The predicted molar refractivity (Wildman–Crippen MR) is 102 cm³/mol. The lowest BCUT2D eigenvalue weighted by atomic mass is 10.0. The number of carbonyl (C=O) groups is 1. The van der Waals surface area contributed by atoms with Crippen LogP contribution in [0.15, 0.2) is 30.6 Å². The molecule has 2 saturated heterocycles. The Hall–Kier alpha value is -2.51. The second kappa shape index (κ2) is 7.25. The van der Waals surface area contributed by atoms with Gasteiger partial charge >= 0.3 is 0 Å². The van der Waals surface area contributed by atoms with Crippen LogP contribution in [0, 0.1) is 13.8 Å². The van der Waals surface area contributed by atoms with Gasteiger partial charge in [0, 0.05) is 31.6 Å². The second-order valence-corrected chi connectivity index (χ2v) is 7.11. The van der Waals surface area contributed by atoms with Gasteiger partial charge in [0.05, 0.1) is 25.6 Å². The van der Waals surface area contributed by atoms with E-state index < -0.39 is 5.79 Å². The Morgan fingerprint density at radius 2 is 1.81 bits per heavy atom. The molecule has 0 aliphatic carbocycles. The number of piperidine rings is 1. The topological polar surface area (TPSA) is 76.6 Å². The number of benzene rings is 1. The average Bonchev–Trinajstić information content (AvgIpc) is 3.13. The Kier molecular flexibility index (Phi) is 4.80. The normalized spacial score (nSPS) is 18.7. The maximum absolute atomic E-state index is 12.4. The average molecular weight is 368 g/mol. The molecular weight excluding hydrogens is 344 g/mol. The molecule has 0 unspecified atom stereocenters. The first-order chi connectivity index (χ1) is 13.0. The zero-order valence-corrected chi connectivity index (χ0v) is 15.7. The van der Waals surface area contributed by atoms with Crippen molar-refractivity contribution in [3.05, 3.63) is 47.4 Å². The van der Waals surface area contributed by atoms with Crippen molar-refractivity contribution in [2.45, 2.75) is 32.5 Å². The van der Waals surface area contributed by atoms with E-state index in [1.165, 1.54) is 11.8 Å². The largest absolute Gasteiger partial charge is 0.355 e. The minimum absolute atomic E-state index is 0.261. The van der Waals surface area contributed by atoms with Gasteiger partial charge in [-0.1, -0.05) is 6.07 Å². The molecule has 1 N–H and O–H groups in total. The van der Waals surface area contributed by atoms with Crippen LogP contribution < -0.4 is 10.2 Å². The number of hydrogen-bond acceptors (Lipinski definition) is 6. The van der Waals surface area contributed by atoms with E-state index in [4.69, 9.17) is 9.47 Å². The van der Waals surface area contributed by atoms with Crippen molar-refractivity contribution < 1.29 is 14.3 Å². The summed E-state index contributed by atoms with van der Waals surface area (Å²) >= 11 is 0. The number of nitrogens with zero attached hydrogens (tertiary/aromatic N) is 3. The molecule has 7 nitrogen and oxygen atoms in total. The molecule has 1 spiro atoms. The minimum Gasteiger partial charge on any atom is -0.355 e. The smallest absolute Gasteiger partial charge is 0.275 e. The lowest BCUT2D eigenvalue weighted by molar-refractivity contribution is -0.169. The Balaban J connectivity index is 1.38. The summed E-state index contributed by atoms with van der Waals surface area (Å²) in [5, 5.41) is 2.87. The molecule has 3 heterocycles. The van der Waals surface area contributed by atoms with Crippen LogP contribution in [0.1, 0.15) is 34.5 Å². The Labute approximate surface area is 158 Å². The zero-order valence-electron chi connectivity index (χ0n) is 15.7. The third kappa shape index (κ3) is 3.79. The Morgan fingerprint density at radius 1 is 1.07 bits per heavy atom. The summed E-state index contributed by atoms with van der Waals surface area (Å²) in [5.41, 5.74) is 3.38. The highest BCUT2D eigenvalue weighted by atomic mass is 16.7. The highest BCUT2D eigenvalue weighted by Gasteiger charge is 2.40. The fourth-order valence-corrected chi connectivity index (χ4v) is 3.48. The lowest BCUT2D eigenvalue weighted by Crippen LogP contribution is -2.45. The first kappa shape index (κ1) is 17.9. The van der Waals surface area contributed by atoms with E-state index in [2.05, 4.69) is 20.2 Å². The van der Waals surface area contributed by atoms with Gasteiger partial charge in [-0.2, -0.15) is 0 Å². The van der Waals surface area contributed by atoms with Crippen molar-refractivity contribution >= 4 is 17.4 Å². The van der Waals surface area contributed by atoms with Crippen LogP contribution in [0.2, 0.25) is 0 Å². The second-order valence-electron chi connectivity index (χ2n) is 7.11. The fourth-order valence-electron chi connectivity index (χ4n) is 3.48. The molecule has 0 saturated carbocycles. The van der Waals surface area contributed by atoms with Gasteiger partial charge in [0.25, 0.3) is 5.91 Å². The molecule has 27 heavy (non-hydrogen) atoms. The van der Waals surface area contributed by atoms with E-state index in [9.17, 15) is 4.79 Å². The molecule has 2 aliphatic heterocycles. The monoisotopic (exact) mass is 368 g/mol. The number of carbonyl (C=O) groups excluding carboxylic acids is 1. The molecule has 0 atom stereocenters. The fraction of sp³-hybridized carbons (Fsp3) is 0.450. The van der Waals surface area contributed by atoms with Gasteiger partial charge < -0.3 is 19.7 Å². The maximum Gasteiger partial charge on any atom is 0.275 e. The number of amides is 1. The van der Waals surface area contributed by atoms with Gasteiger partial charge in [-0.3, -0.25) is 4.79 Å². The lowest BCUT2D eigenvalue weighted by Gasteiger charge is -2.37. The zero-order chi connectivity index (χ0) is 18.9. The van der Waals surface area contributed by atoms with E-state index in [1.54, 1.807) is 6.20 Å². The van der Waals surface area contributed by atoms with Crippen LogP contribution in [0.4, 0.5) is 11.5 Å². The summed E-state index contributed by atoms with van der Waals surface area (Å²) in [7, 11) is 0. The minimum atomic E-state index is -0.407. The number of nitrogens with one attached hydrogen (secondary N) is 1. The molecule has 2 fully saturated rings. The van der Waals surface area contributed by atoms with Gasteiger partial charge in [-0.15, -0.1) is 0 Å². The van der Waals surface area contributed by atoms with E-state index >= 15 is 0 Å². The van der Waals surface area contributed by atoms with Gasteiger partial charge in [0.2, 0.25) is 0 Å². The number of aromatic nitrogens is 2. The van der Waals surface area contributed by atoms with Crippen LogP contribution in [-0.4, -0.2) is 48.0 Å². The molecule has 0 radical (unpaired) electrons. The van der Waals surface area contributed by atoms with Gasteiger partial charge in [-0.05, 0) is 37.1 Å². The molecule has 1 amide bonds. The number of hydrogen-bond donors (Lipinski definition) is 1. The van der Waals surface area contributed by atoms with Crippen molar-refractivity contribution in [3.8, 4) is 0 Å². The van der Waals surface area contributed by atoms with Crippen molar-refractivity contribution in [1.82, 2.24) is 9.97 Å². The molecule has 2 aliphatic rings. The van der Waals surface area contributed by atoms with Crippen molar-refractivity contribution in [2.24, 2.45) is 0 Å². The summed E-state index contributed by atoms with van der Waals surface area (Å²) in [4.78, 5) is 23.3. The summed E-state index contributed by atoms with van der Waals surface area (Å²) in [6.45, 7) is 6.99. The third-order valence-electron chi connectivity index (χ3n) is 5.30. The molecule has 2 aromatic rings. The van der Waals surface area contributed by atoms with Crippen LogP contribution in [-0.2, 0) is 9.47 Å². The number of rotatable bonds is 3. The summed E-state index contributed by atoms with van der Waals surface area (Å²) < 4.78 is 11.5. The molecule has 142 valence electrons. The van der Waals surface area contributed by atoms with Gasteiger partial charge in [0.1, 0.15) is 11.5 Å². The summed E-state index contributed by atoms with van der Waals surface area (Å²) in [6, 6.07) is 5.82. The maximum atomic E-state index is 12.4. The predicted octanol–water partition coefficient (Wildman–Crippen LogP) is 2.69. The number of aryl methyl sites for hydroxylation is 2. The van der Waals surface area contributed by atoms with E-state index in [0.29, 0.717) is 18.9 Å². The van der Waals surface area contributed by atoms with Gasteiger partial charge in [0.15, 0.2) is 5.79 Å². The molecule has 4 rings (SSSR count). The van der Waals surface area contributed by atoms with Gasteiger partial charge in [-0.25, -0.2) is 9.97 Å². The van der Waals surface area contributed by atoms with E-state index in [-0.39, 0.29) is 5.91 Å². The highest BCUT2D eigenvalue weighted by Crippen LogP contribution is 2.32. The Morgan fingerprint density at radius 3 is 2.44 bits per heavy atom. The van der Waals surface area contributed by atoms with Crippen molar-refractivity contribution in [3.63, 3.8) is 0 Å². The molecule has 1 aromatic heterocycles. The number of anilines is 2. The van der Waals surface area contributed by atoms with Crippen LogP contribution in [0.5, 0.6) is 0 Å². The van der Waals surface area contributed by atoms with Crippen molar-refractivity contribution in [2.75, 3.05) is 36.5 Å². The quantitative estimate of drug-likeness (QED) is 0.898. The van der Waals surface area contributed by atoms with E-state index in [0.717, 1.165) is 43.0 Å². The summed E-state index contributed by atoms with van der Waals surface area (Å²) in [6.07, 6.45) is 4.80. The molecular formula is C20H24N4O3. The molecule has 7 heteroatoms. The summed E-state index contributed by atoms with van der Waals surface area (Å²) in [5.74, 6) is 0.101. The van der Waals surface area contributed by atoms with Crippen LogP contribution >= 0.6 is 0 Å². The van der Waals surface area contributed by atoms with Crippen LogP contribution in [0.25, 0.3) is 0 Å². The van der Waals surface area contributed by atoms with E-state index in [1.807, 2.05) is 32.0 Å². The van der Waals surface area contributed by atoms with Crippen LogP contribution in [0.3, 0.4) is 0 Å². The van der Waals surface area contributed by atoms with Crippen molar-refractivity contribution in [1.29, 1.82) is 0 Å².